The van der Waals surface area contributed by atoms with Crippen LogP contribution in [0.2, 0.25) is 0 Å². The summed E-state index contributed by atoms with van der Waals surface area (Å²) in [6.45, 7) is 10.0. The van der Waals surface area contributed by atoms with E-state index in [-0.39, 0.29) is 0 Å². The molecule has 19 heavy (non-hydrogen) atoms. The normalized spacial score (nSPS) is 28.4. The molecule has 0 aliphatic carbocycles. The van der Waals surface area contributed by atoms with Crippen molar-refractivity contribution in [3.63, 3.8) is 0 Å². The van der Waals surface area contributed by atoms with Crippen LogP contribution in [0, 0.1) is 5.41 Å². The minimum atomic E-state index is 0.682. The Morgan fingerprint density at radius 1 is 1.11 bits per heavy atom. The number of nitrogens with zero attached hydrogens (tertiary/aromatic N) is 1. The first kappa shape index (κ1) is 15.3. The van der Waals surface area contributed by atoms with Crippen LogP contribution in [0.5, 0.6) is 0 Å². The van der Waals surface area contributed by atoms with E-state index in [0.717, 1.165) is 6.04 Å². The zero-order chi connectivity index (χ0) is 13.6. The summed E-state index contributed by atoms with van der Waals surface area (Å²) in [5, 5.41) is 3.67. The fraction of sp³-hybridized carbons (Fsp3) is 1.00. The molecular weight excluding hydrogens is 232 g/mol. The van der Waals surface area contributed by atoms with Gasteiger partial charge >= 0.3 is 0 Å². The molecule has 2 aliphatic rings. The zero-order valence-corrected chi connectivity index (χ0v) is 13.2. The van der Waals surface area contributed by atoms with Gasteiger partial charge in [-0.15, -0.1) is 0 Å². The third kappa shape index (κ3) is 4.46. The first-order chi connectivity index (χ1) is 9.28. The van der Waals surface area contributed by atoms with E-state index in [0.29, 0.717) is 5.41 Å². The summed E-state index contributed by atoms with van der Waals surface area (Å²) in [6, 6.07) is 0.823. The van der Waals surface area contributed by atoms with E-state index in [2.05, 4.69) is 24.1 Å². The van der Waals surface area contributed by atoms with Crippen LogP contribution < -0.4 is 5.32 Å². The van der Waals surface area contributed by atoms with E-state index >= 15 is 0 Å². The number of rotatable bonds is 6. The second-order valence-corrected chi connectivity index (χ2v) is 6.84. The van der Waals surface area contributed by atoms with E-state index in [1.807, 2.05) is 0 Å². The van der Waals surface area contributed by atoms with Crippen LogP contribution in [0.3, 0.4) is 0 Å². The Bertz CT molecular complexity index is 232. The van der Waals surface area contributed by atoms with Crippen LogP contribution >= 0.6 is 0 Å². The summed E-state index contributed by atoms with van der Waals surface area (Å²) in [6.07, 6.45) is 12.6. The van der Waals surface area contributed by atoms with Gasteiger partial charge in [0.25, 0.3) is 0 Å². The van der Waals surface area contributed by atoms with Gasteiger partial charge in [0.05, 0.1) is 0 Å². The molecule has 0 saturated carbocycles. The number of hydrogen-bond donors (Lipinski definition) is 1. The molecule has 112 valence electrons. The van der Waals surface area contributed by atoms with Crippen molar-refractivity contribution < 1.29 is 0 Å². The number of likely N-dealkylation sites (tertiary alicyclic amines) is 1. The molecule has 2 fully saturated rings. The number of nitrogens with one attached hydrogen (secondary N) is 1. The van der Waals surface area contributed by atoms with Crippen LogP contribution in [-0.2, 0) is 0 Å². The second kappa shape index (κ2) is 7.64. The highest BCUT2D eigenvalue weighted by Gasteiger charge is 2.30. The van der Waals surface area contributed by atoms with Gasteiger partial charge in [-0.2, -0.15) is 0 Å². The fourth-order valence-corrected chi connectivity index (χ4v) is 3.94. The van der Waals surface area contributed by atoms with Gasteiger partial charge in [-0.1, -0.05) is 33.1 Å². The monoisotopic (exact) mass is 266 g/mol. The van der Waals surface area contributed by atoms with Gasteiger partial charge in [0.1, 0.15) is 0 Å². The van der Waals surface area contributed by atoms with Crippen LogP contribution in [-0.4, -0.2) is 37.1 Å². The third-order valence-corrected chi connectivity index (χ3v) is 5.86. The van der Waals surface area contributed by atoms with E-state index < -0.39 is 0 Å². The highest BCUT2D eigenvalue weighted by atomic mass is 15.1. The van der Waals surface area contributed by atoms with Crippen molar-refractivity contribution in [2.75, 3.05) is 26.2 Å². The van der Waals surface area contributed by atoms with Crippen molar-refractivity contribution in [3.05, 3.63) is 0 Å². The average molecular weight is 266 g/mol. The van der Waals surface area contributed by atoms with E-state index in [9.17, 15) is 0 Å². The summed E-state index contributed by atoms with van der Waals surface area (Å²) in [7, 11) is 0. The Kier molecular flexibility index (Phi) is 6.15. The van der Waals surface area contributed by atoms with Crippen molar-refractivity contribution in [2.45, 2.75) is 77.7 Å². The van der Waals surface area contributed by atoms with E-state index in [4.69, 9.17) is 0 Å². The van der Waals surface area contributed by atoms with Crippen LogP contribution in [0.1, 0.15) is 71.6 Å². The lowest BCUT2D eigenvalue weighted by molar-refractivity contribution is 0.0935. The molecule has 0 aromatic carbocycles. The minimum Gasteiger partial charge on any atom is -0.314 e. The standard InChI is InChI=1S/C17H34N2/c1-3-17(4-2)10-14-19(15-11-17)13-7-9-16-8-5-6-12-18-16/h16,18H,3-15H2,1-2H3. The van der Waals surface area contributed by atoms with Crippen LogP contribution in [0.15, 0.2) is 0 Å². The molecule has 2 saturated heterocycles. The molecule has 2 rings (SSSR count). The van der Waals surface area contributed by atoms with Crippen molar-refractivity contribution in [3.8, 4) is 0 Å². The molecule has 1 unspecified atom stereocenters. The Morgan fingerprint density at radius 3 is 2.42 bits per heavy atom. The highest BCUT2D eigenvalue weighted by Crippen LogP contribution is 2.37. The van der Waals surface area contributed by atoms with Gasteiger partial charge in [-0.05, 0) is 70.1 Å². The van der Waals surface area contributed by atoms with Crippen LogP contribution in [0.4, 0.5) is 0 Å². The zero-order valence-electron chi connectivity index (χ0n) is 13.2. The van der Waals surface area contributed by atoms with Crippen molar-refractivity contribution in [1.29, 1.82) is 0 Å². The Hall–Kier alpha value is -0.0800. The first-order valence-corrected chi connectivity index (χ1v) is 8.74. The second-order valence-electron chi connectivity index (χ2n) is 6.84. The minimum absolute atomic E-state index is 0.682. The maximum Gasteiger partial charge on any atom is 0.00675 e. The van der Waals surface area contributed by atoms with Gasteiger partial charge in [0.2, 0.25) is 0 Å². The van der Waals surface area contributed by atoms with E-state index in [1.54, 1.807) is 0 Å². The molecule has 2 heteroatoms. The fourth-order valence-electron chi connectivity index (χ4n) is 3.94. The maximum atomic E-state index is 3.67. The lowest BCUT2D eigenvalue weighted by atomic mass is 9.74. The lowest BCUT2D eigenvalue weighted by Crippen LogP contribution is -2.40. The van der Waals surface area contributed by atoms with Crippen molar-refractivity contribution in [2.24, 2.45) is 5.41 Å². The number of hydrogen-bond acceptors (Lipinski definition) is 2. The quantitative estimate of drug-likeness (QED) is 0.786. The summed E-state index contributed by atoms with van der Waals surface area (Å²) in [4.78, 5) is 2.71. The van der Waals surface area contributed by atoms with Gasteiger partial charge < -0.3 is 10.2 Å². The van der Waals surface area contributed by atoms with Gasteiger partial charge in [-0.3, -0.25) is 0 Å². The molecule has 0 spiro atoms. The molecule has 2 nitrogen and oxygen atoms in total. The predicted molar refractivity (Wildman–Crippen MR) is 83.6 cm³/mol. The average Bonchev–Trinajstić information content (AvgIpc) is 2.49. The SMILES string of the molecule is CCC1(CC)CCN(CCCC2CCCCN2)CC1. The van der Waals surface area contributed by atoms with Gasteiger partial charge in [0, 0.05) is 6.04 Å². The molecule has 0 radical (unpaired) electrons. The van der Waals surface area contributed by atoms with Gasteiger partial charge in [0.15, 0.2) is 0 Å². The molecule has 0 amide bonds. The van der Waals surface area contributed by atoms with Crippen molar-refractivity contribution in [1.82, 2.24) is 10.2 Å². The summed E-state index contributed by atoms with van der Waals surface area (Å²) >= 11 is 0. The largest absolute Gasteiger partial charge is 0.314 e. The smallest absolute Gasteiger partial charge is 0.00675 e. The van der Waals surface area contributed by atoms with Crippen LogP contribution in [0.25, 0.3) is 0 Å². The molecular formula is C17H34N2. The Morgan fingerprint density at radius 2 is 1.84 bits per heavy atom. The highest BCUT2D eigenvalue weighted by molar-refractivity contribution is 4.84. The first-order valence-electron chi connectivity index (χ1n) is 8.74. The molecule has 2 heterocycles. The predicted octanol–water partition coefficient (Wildman–Crippen LogP) is 3.81. The van der Waals surface area contributed by atoms with E-state index in [1.165, 1.54) is 84.0 Å². The lowest BCUT2D eigenvalue weighted by Gasteiger charge is -2.41. The van der Waals surface area contributed by atoms with Crippen molar-refractivity contribution >= 4 is 0 Å². The molecule has 0 aromatic heterocycles. The number of piperidine rings is 2. The molecule has 2 aliphatic heterocycles. The summed E-state index contributed by atoms with van der Waals surface area (Å²) < 4.78 is 0. The summed E-state index contributed by atoms with van der Waals surface area (Å²) in [5.41, 5.74) is 0.682. The maximum absolute atomic E-state index is 3.67. The molecule has 0 bridgehead atoms. The van der Waals surface area contributed by atoms with Gasteiger partial charge in [-0.25, -0.2) is 0 Å². The molecule has 1 N–H and O–H groups in total. The topological polar surface area (TPSA) is 15.3 Å². The third-order valence-electron chi connectivity index (χ3n) is 5.86. The summed E-state index contributed by atoms with van der Waals surface area (Å²) in [5.74, 6) is 0. The Balaban J connectivity index is 1.60. The molecule has 0 aromatic rings. The Labute approximate surface area is 120 Å². The molecule has 1 atom stereocenters.